The van der Waals surface area contributed by atoms with E-state index in [2.05, 4.69) is 0 Å². The molecule has 1 atom stereocenters. The van der Waals surface area contributed by atoms with E-state index < -0.39 is 6.16 Å². The van der Waals surface area contributed by atoms with E-state index in [9.17, 15) is 4.79 Å². The first kappa shape index (κ1) is 12.7. The number of ether oxygens (including phenoxy) is 2. The summed E-state index contributed by atoms with van der Waals surface area (Å²) in [5.41, 5.74) is -0.610. The average molecular weight is 242 g/mol. The molecule has 0 radical (unpaired) electrons. The first-order valence-electron chi connectivity index (χ1n) is 5.99. The summed E-state index contributed by atoms with van der Waals surface area (Å²) in [5, 5.41) is 0. The van der Waals surface area contributed by atoms with Crippen molar-refractivity contribution in [1.29, 1.82) is 0 Å². The van der Waals surface area contributed by atoms with Crippen molar-refractivity contribution < 1.29 is 23.6 Å². The lowest BCUT2D eigenvalue weighted by Gasteiger charge is -2.32. The second-order valence-corrected chi connectivity index (χ2v) is 5.56. The van der Waals surface area contributed by atoms with Crippen LogP contribution in [0.3, 0.4) is 0 Å². The highest BCUT2D eigenvalue weighted by Gasteiger charge is 2.50. The maximum Gasteiger partial charge on any atom is 0.508 e. The lowest BCUT2D eigenvalue weighted by atomic mass is 9.82. The van der Waals surface area contributed by atoms with Crippen molar-refractivity contribution in [3.63, 3.8) is 0 Å². The van der Waals surface area contributed by atoms with Crippen LogP contribution >= 0.6 is 0 Å². The highest BCUT2D eigenvalue weighted by Crippen LogP contribution is 2.38. The van der Waals surface area contributed by atoms with Crippen LogP contribution in [0, 0.1) is 0 Å². The van der Waals surface area contributed by atoms with E-state index in [-0.39, 0.29) is 24.4 Å². The minimum atomic E-state index is -0.580. The molecule has 0 saturated carbocycles. The van der Waals surface area contributed by atoms with Crippen molar-refractivity contribution in [1.82, 2.24) is 0 Å². The molecule has 0 bridgehead atoms. The molecule has 96 valence electrons. The van der Waals surface area contributed by atoms with E-state index in [4.69, 9.17) is 18.8 Å². The van der Waals surface area contributed by atoms with Crippen LogP contribution < -0.4 is 0 Å². The van der Waals surface area contributed by atoms with E-state index in [1.54, 1.807) is 0 Å². The molecule has 17 heavy (non-hydrogen) atoms. The average Bonchev–Trinajstić information content (AvgIpc) is 2.67. The fraction of sp³-hybridized carbons (Fsp3) is 0.909. The summed E-state index contributed by atoms with van der Waals surface area (Å²) in [6, 6.07) is 0. The molecule has 0 N–H and O–H groups in total. The number of cyclic esters (lactones) is 2. The van der Waals surface area contributed by atoms with Gasteiger partial charge >= 0.3 is 13.3 Å². The molecule has 5 nitrogen and oxygen atoms in total. The molecule has 2 heterocycles. The Kier molecular flexibility index (Phi) is 3.12. The Morgan fingerprint density at radius 2 is 1.82 bits per heavy atom. The second kappa shape index (κ2) is 4.17. The van der Waals surface area contributed by atoms with E-state index >= 15 is 0 Å². The van der Waals surface area contributed by atoms with Crippen LogP contribution in [0.5, 0.6) is 0 Å². The molecule has 0 spiro atoms. The van der Waals surface area contributed by atoms with Gasteiger partial charge in [-0.1, -0.05) is 0 Å². The molecule has 2 saturated heterocycles. The number of hydrogen-bond donors (Lipinski definition) is 0. The fourth-order valence-corrected chi connectivity index (χ4v) is 1.91. The second-order valence-electron chi connectivity index (χ2n) is 5.56. The van der Waals surface area contributed by atoms with Gasteiger partial charge in [-0.15, -0.1) is 0 Å². The van der Waals surface area contributed by atoms with E-state index in [0.29, 0.717) is 19.3 Å². The van der Waals surface area contributed by atoms with E-state index in [0.717, 1.165) is 0 Å². The summed E-state index contributed by atoms with van der Waals surface area (Å²) in [6.07, 6.45) is 0.655. The predicted molar refractivity (Wildman–Crippen MR) is 61.7 cm³/mol. The Morgan fingerprint density at radius 1 is 1.24 bits per heavy atom. The highest BCUT2D eigenvalue weighted by molar-refractivity contribution is 6.45. The van der Waals surface area contributed by atoms with Crippen molar-refractivity contribution in [2.24, 2.45) is 0 Å². The number of hydrogen-bond acceptors (Lipinski definition) is 5. The summed E-state index contributed by atoms with van der Waals surface area (Å²) < 4.78 is 21.4. The van der Waals surface area contributed by atoms with Crippen molar-refractivity contribution in [2.45, 2.75) is 57.7 Å². The van der Waals surface area contributed by atoms with Gasteiger partial charge in [-0.25, -0.2) is 4.79 Å². The molecular formula is C11H19BO5. The summed E-state index contributed by atoms with van der Waals surface area (Å²) >= 11 is 0. The van der Waals surface area contributed by atoms with Gasteiger partial charge in [-0.2, -0.15) is 0 Å². The molecule has 2 aliphatic heterocycles. The van der Waals surface area contributed by atoms with Crippen molar-refractivity contribution in [3.05, 3.63) is 0 Å². The molecule has 0 aromatic heterocycles. The predicted octanol–water partition coefficient (Wildman–Crippen LogP) is 2.00. The van der Waals surface area contributed by atoms with Gasteiger partial charge < -0.3 is 18.8 Å². The van der Waals surface area contributed by atoms with Crippen LogP contribution in [0.25, 0.3) is 0 Å². The normalized spacial score (nSPS) is 30.2. The molecule has 2 rings (SSSR count). The number of carbonyl (C=O) groups is 1. The zero-order valence-corrected chi connectivity index (χ0v) is 10.8. The SMILES string of the molecule is CC1(C)OB(CC[C@H]2COC(=O)O2)OC1(C)C. The lowest BCUT2D eigenvalue weighted by molar-refractivity contribution is 0.00578. The first-order valence-corrected chi connectivity index (χ1v) is 5.99. The van der Waals surface area contributed by atoms with E-state index in [1.807, 2.05) is 27.7 Å². The molecular weight excluding hydrogens is 223 g/mol. The largest absolute Gasteiger partial charge is 0.508 e. The minimum Gasteiger partial charge on any atom is -0.430 e. The quantitative estimate of drug-likeness (QED) is 0.559. The summed E-state index contributed by atoms with van der Waals surface area (Å²) in [7, 11) is -0.237. The van der Waals surface area contributed by atoms with Crippen LogP contribution in [0.2, 0.25) is 6.32 Å². The Labute approximate surface area is 102 Å². The summed E-state index contributed by atoms with van der Waals surface area (Å²) in [6.45, 7) is 8.41. The van der Waals surface area contributed by atoms with Crippen LogP contribution in [0.1, 0.15) is 34.1 Å². The van der Waals surface area contributed by atoms with Gasteiger partial charge in [0.2, 0.25) is 0 Å². The third kappa shape index (κ3) is 2.58. The van der Waals surface area contributed by atoms with Crippen LogP contribution in [-0.4, -0.2) is 37.2 Å². The fourth-order valence-electron chi connectivity index (χ4n) is 1.91. The number of carbonyl (C=O) groups excluding carboxylic acids is 1. The molecule has 2 aliphatic rings. The van der Waals surface area contributed by atoms with Crippen molar-refractivity contribution in [2.75, 3.05) is 6.61 Å². The Balaban J connectivity index is 1.80. The molecule has 0 amide bonds. The molecule has 0 aromatic rings. The van der Waals surface area contributed by atoms with Gasteiger partial charge in [0.1, 0.15) is 12.7 Å². The zero-order chi connectivity index (χ0) is 12.7. The number of rotatable bonds is 3. The lowest BCUT2D eigenvalue weighted by Crippen LogP contribution is -2.41. The molecule has 0 aromatic carbocycles. The van der Waals surface area contributed by atoms with Crippen LogP contribution in [0.4, 0.5) is 4.79 Å². The summed E-state index contributed by atoms with van der Waals surface area (Å²) in [4.78, 5) is 10.7. The van der Waals surface area contributed by atoms with Crippen molar-refractivity contribution >= 4 is 13.3 Å². The Morgan fingerprint density at radius 3 is 2.29 bits per heavy atom. The molecule has 0 aliphatic carbocycles. The van der Waals surface area contributed by atoms with Crippen LogP contribution in [-0.2, 0) is 18.8 Å². The Bertz CT molecular complexity index is 299. The third-order valence-electron chi connectivity index (χ3n) is 3.68. The topological polar surface area (TPSA) is 54.0 Å². The smallest absolute Gasteiger partial charge is 0.430 e. The Hall–Kier alpha value is -0.745. The van der Waals surface area contributed by atoms with Crippen molar-refractivity contribution in [3.8, 4) is 0 Å². The zero-order valence-electron chi connectivity index (χ0n) is 10.8. The van der Waals surface area contributed by atoms with Gasteiger partial charge in [0.25, 0.3) is 0 Å². The molecule has 0 unspecified atom stereocenters. The first-order chi connectivity index (χ1) is 7.80. The molecule has 6 heteroatoms. The maximum absolute atomic E-state index is 10.7. The monoisotopic (exact) mass is 242 g/mol. The van der Waals surface area contributed by atoms with Crippen LogP contribution in [0.15, 0.2) is 0 Å². The minimum absolute atomic E-state index is 0.165. The van der Waals surface area contributed by atoms with Gasteiger partial charge in [-0.3, -0.25) is 0 Å². The van der Waals surface area contributed by atoms with E-state index in [1.165, 1.54) is 0 Å². The highest BCUT2D eigenvalue weighted by atomic mass is 16.8. The van der Waals surface area contributed by atoms with Gasteiger partial charge in [0.05, 0.1) is 11.2 Å². The standard InChI is InChI=1S/C11H19BO5/c1-10(2)11(3,4)17-12(16-10)6-5-8-7-14-9(13)15-8/h8H,5-7H2,1-4H3/t8-/m0/s1. The van der Waals surface area contributed by atoms with Gasteiger partial charge in [0, 0.05) is 0 Å². The maximum atomic E-state index is 10.7. The third-order valence-corrected chi connectivity index (χ3v) is 3.68. The van der Waals surface area contributed by atoms with Gasteiger partial charge in [0.15, 0.2) is 0 Å². The summed E-state index contributed by atoms with van der Waals surface area (Å²) in [5.74, 6) is 0. The molecule has 2 fully saturated rings. The van der Waals surface area contributed by atoms with Gasteiger partial charge in [-0.05, 0) is 40.4 Å².